The molecule has 0 saturated carbocycles. The first kappa shape index (κ1) is 21.7. The molecule has 0 heterocycles. The van der Waals surface area contributed by atoms with Gasteiger partial charge in [-0.15, -0.1) is 11.8 Å². The Hall–Kier alpha value is -1.60. The minimum atomic E-state index is -0.248. The molecule has 0 spiro atoms. The number of hydrogen-bond acceptors (Lipinski definition) is 4. The van der Waals surface area contributed by atoms with Crippen molar-refractivity contribution in [1.29, 1.82) is 0 Å². The Kier molecular flexibility index (Phi) is 8.10. The molecule has 0 fully saturated rings. The molecule has 0 radical (unpaired) electrons. The van der Waals surface area contributed by atoms with Gasteiger partial charge >= 0.3 is 0 Å². The maximum Gasteiger partial charge on any atom is 0.234 e. The van der Waals surface area contributed by atoms with Crippen molar-refractivity contribution < 1.29 is 14.3 Å². The molecular formula is C18H17Cl3N2O3S. The lowest BCUT2D eigenvalue weighted by Crippen LogP contribution is -2.18. The van der Waals surface area contributed by atoms with Gasteiger partial charge in [0.1, 0.15) is 5.75 Å². The zero-order valence-corrected chi connectivity index (χ0v) is 17.7. The minimum Gasteiger partial charge on any atom is -0.495 e. The van der Waals surface area contributed by atoms with Gasteiger partial charge in [-0.2, -0.15) is 0 Å². The number of nitrogens with one attached hydrogen (secondary N) is 2. The highest BCUT2D eigenvalue weighted by atomic mass is 35.5. The molecule has 0 aliphatic carbocycles. The highest BCUT2D eigenvalue weighted by Crippen LogP contribution is 2.31. The van der Waals surface area contributed by atoms with Crippen LogP contribution in [0.25, 0.3) is 0 Å². The van der Waals surface area contributed by atoms with E-state index in [1.165, 1.54) is 18.9 Å². The number of carbonyl (C=O) groups excluding carboxylic acids is 2. The second-order valence-electron chi connectivity index (χ2n) is 5.52. The van der Waals surface area contributed by atoms with Crippen molar-refractivity contribution >= 4 is 69.8 Å². The van der Waals surface area contributed by atoms with Crippen molar-refractivity contribution in [1.82, 2.24) is 0 Å². The maximum absolute atomic E-state index is 12.1. The fraction of sp³-hybridized carbons (Fsp3) is 0.222. The molecule has 2 N–H and O–H groups in total. The van der Waals surface area contributed by atoms with E-state index in [-0.39, 0.29) is 23.3 Å². The molecule has 0 aliphatic rings. The van der Waals surface area contributed by atoms with Crippen LogP contribution in [0.15, 0.2) is 30.3 Å². The van der Waals surface area contributed by atoms with E-state index in [9.17, 15) is 9.59 Å². The molecule has 144 valence electrons. The third-order valence-corrected chi connectivity index (χ3v) is 5.50. The van der Waals surface area contributed by atoms with Crippen molar-refractivity contribution in [2.75, 3.05) is 29.2 Å². The van der Waals surface area contributed by atoms with Crippen LogP contribution in [0, 0.1) is 6.92 Å². The van der Waals surface area contributed by atoms with Gasteiger partial charge < -0.3 is 15.4 Å². The molecule has 2 rings (SSSR count). The number of ether oxygens (including phenoxy) is 1. The van der Waals surface area contributed by atoms with Gasteiger partial charge in [-0.25, -0.2) is 0 Å². The Labute approximate surface area is 176 Å². The number of carbonyl (C=O) groups is 2. The fourth-order valence-corrected chi connectivity index (χ4v) is 3.19. The molecule has 0 unspecified atom stereocenters. The lowest BCUT2D eigenvalue weighted by molar-refractivity contribution is -0.114. The summed E-state index contributed by atoms with van der Waals surface area (Å²) in [7, 11) is 1.50. The van der Waals surface area contributed by atoms with Crippen molar-refractivity contribution in [3.63, 3.8) is 0 Å². The highest BCUT2D eigenvalue weighted by Gasteiger charge is 2.12. The molecule has 2 aromatic carbocycles. The van der Waals surface area contributed by atoms with Gasteiger partial charge in [0.15, 0.2) is 0 Å². The molecular weight excluding hydrogens is 431 g/mol. The van der Waals surface area contributed by atoms with Crippen LogP contribution in [-0.4, -0.2) is 30.4 Å². The van der Waals surface area contributed by atoms with Crippen LogP contribution in [0.1, 0.15) is 5.56 Å². The summed E-state index contributed by atoms with van der Waals surface area (Å²) in [5.74, 6) is 0.208. The summed E-state index contributed by atoms with van der Waals surface area (Å²) in [5.41, 5.74) is 1.90. The van der Waals surface area contributed by atoms with Crippen LogP contribution < -0.4 is 15.4 Å². The lowest BCUT2D eigenvalue weighted by Gasteiger charge is -2.12. The number of halogens is 3. The normalized spacial score (nSPS) is 10.4. The van der Waals surface area contributed by atoms with E-state index in [1.807, 2.05) is 6.92 Å². The quantitative estimate of drug-likeness (QED) is 0.606. The molecule has 0 aromatic heterocycles. The van der Waals surface area contributed by atoms with Gasteiger partial charge in [0, 0.05) is 16.8 Å². The lowest BCUT2D eigenvalue weighted by atomic mass is 10.2. The van der Waals surface area contributed by atoms with E-state index >= 15 is 0 Å². The van der Waals surface area contributed by atoms with Crippen LogP contribution in [0.2, 0.25) is 15.1 Å². The van der Waals surface area contributed by atoms with Crippen molar-refractivity contribution in [2.45, 2.75) is 6.92 Å². The van der Waals surface area contributed by atoms with Crippen molar-refractivity contribution in [3.05, 3.63) is 51.0 Å². The second kappa shape index (κ2) is 10.1. The smallest absolute Gasteiger partial charge is 0.234 e. The van der Waals surface area contributed by atoms with E-state index in [0.717, 1.165) is 5.56 Å². The van der Waals surface area contributed by atoms with Crippen LogP contribution in [0.5, 0.6) is 5.75 Å². The van der Waals surface area contributed by atoms with Gasteiger partial charge in [0.2, 0.25) is 11.8 Å². The van der Waals surface area contributed by atoms with E-state index in [1.54, 1.807) is 30.3 Å². The molecule has 2 amide bonds. The Morgan fingerprint density at radius 2 is 1.63 bits per heavy atom. The van der Waals surface area contributed by atoms with E-state index in [2.05, 4.69) is 10.6 Å². The first-order valence-corrected chi connectivity index (χ1v) is 10.1. The average Bonchev–Trinajstić information content (AvgIpc) is 2.61. The van der Waals surface area contributed by atoms with Crippen LogP contribution in [0.3, 0.4) is 0 Å². The molecule has 27 heavy (non-hydrogen) atoms. The van der Waals surface area contributed by atoms with E-state index < -0.39 is 0 Å². The predicted molar refractivity (Wildman–Crippen MR) is 114 cm³/mol. The Morgan fingerprint density at radius 1 is 0.963 bits per heavy atom. The van der Waals surface area contributed by atoms with Gasteiger partial charge in [0.05, 0.1) is 34.3 Å². The van der Waals surface area contributed by atoms with E-state index in [4.69, 9.17) is 39.5 Å². The molecule has 5 nitrogen and oxygen atoms in total. The molecule has 0 aliphatic heterocycles. The topological polar surface area (TPSA) is 67.4 Å². The fourth-order valence-electron chi connectivity index (χ4n) is 2.12. The van der Waals surface area contributed by atoms with Crippen LogP contribution in [-0.2, 0) is 9.59 Å². The summed E-state index contributed by atoms with van der Waals surface area (Å²) in [6.07, 6.45) is 0. The van der Waals surface area contributed by atoms with Gasteiger partial charge in [0.25, 0.3) is 0 Å². The minimum absolute atomic E-state index is 0.111. The third-order valence-electron chi connectivity index (χ3n) is 3.42. The number of rotatable bonds is 7. The number of benzene rings is 2. The number of methoxy groups -OCH3 is 1. The standard InChI is InChI=1S/C18H17Cl3N2O3S/c1-10-5-15(16(26-2)7-13(10)20)23-18(25)9-27-8-17(24)22-11-3-4-12(19)14(21)6-11/h3-7H,8-9H2,1-2H3,(H,22,24)(H,23,25). The van der Waals surface area contributed by atoms with E-state index in [0.29, 0.717) is 32.2 Å². The largest absolute Gasteiger partial charge is 0.495 e. The van der Waals surface area contributed by atoms with Crippen LogP contribution in [0.4, 0.5) is 11.4 Å². The predicted octanol–water partition coefficient (Wildman–Crippen LogP) is 5.27. The molecule has 0 atom stereocenters. The number of thioether (sulfide) groups is 1. The Morgan fingerprint density at radius 3 is 2.26 bits per heavy atom. The van der Waals surface area contributed by atoms with Crippen molar-refractivity contribution in [3.8, 4) is 5.75 Å². The SMILES string of the molecule is COc1cc(Cl)c(C)cc1NC(=O)CSCC(=O)Nc1ccc(Cl)c(Cl)c1. The first-order chi connectivity index (χ1) is 12.8. The Balaban J connectivity index is 1.83. The summed E-state index contributed by atoms with van der Waals surface area (Å²) >= 11 is 19.0. The highest BCUT2D eigenvalue weighted by molar-refractivity contribution is 8.00. The molecule has 2 aromatic rings. The summed E-state index contributed by atoms with van der Waals surface area (Å²) < 4.78 is 5.22. The van der Waals surface area contributed by atoms with Gasteiger partial charge in [-0.1, -0.05) is 34.8 Å². The van der Waals surface area contributed by atoms with Gasteiger partial charge in [-0.05, 0) is 36.8 Å². The monoisotopic (exact) mass is 446 g/mol. The average molecular weight is 448 g/mol. The summed E-state index contributed by atoms with van der Waals surface area (Å²) in [5, 5.41) is 6.78. The van der Waals surface area contributed by atoms with Crippen molar-refractivity contribution in [2.24, 2.45) is 0 Å². The number of aryl methyl sites for hydroxylation is 1. The van der Waals surface area contributed by atoms with Gasteiger partial charge in [-0.3, -0.25) is 9.59 Å². The maximum atomic E-state index is 12.1. The first-order valence-electron chi connectivity index (χ1n) is 7.76. The molecule has 0 saturated heterocycles. The third kappa shape index (κ3) is 6.50. The zero-order chi connectivity index (χ0) is 20.0. The Bertz CT molecular complexity index is 862. The number of anilines is 2. The molecule has 9 heteroatoms. The summed E-state index contributed by atoms with van der Waals surface area (Å²) in [4.78, 5) is 24.1. The van der Waals surface area contributed by atoms with Crippen LogP contribution >= 0.6 is 46.6 Å². The zero-order valence-electron chi connectivity index (χ0n) is 14.6. The summed E-state index contributed by atoms with van der Waals surface area (Å²) in [6.45, 7) is 1.83. The number of hydrogen-bond donors (Lipinski definition) is 2. The molecule has 0 bridgehead atoms. The second-order valence-corrected chi connectivity index (χ2v) is 7.73. The summed E-state index contributed by atoms with van der Waals surface area (Å²) in [6, 6.07) is 8.19. The number of amides is 2.